The van der Waals surface area contributed by atoms with Crippen LogP contribution in [0.15, 0.2) is 0 Å². The van der Waals surface area contributed by atoms with Crippen molar-refractivity contribution < 1.29 is 4.79 Å². The summed E-state index contributed by atoms with van der Waals surface area (Å²) in [6.45, 7) is 3.14. The molecule has 0 heterocycles. The molecule has 0 radical (unpaired) electrons. The number of hydrogen-bond acceptors (Lipinski definition) is 4. The van der Waals surface area contributed by atoms with Gasteiger partial charge in [-0.15, -0.1) is 11.8 Å². The van der Waals surface area contributed by atoms with Crippen molar-refractivity contribution in [3.8, 4) is 0 Å². The van der Waals surface area contributed by atoms with Gasteiger partial charge in [-0.05, 0) is 38.1 Å². The normalized spacial score (nSPS) is 11.7. The van der Waals surface area contributed by atoms with Crippen LogP contribution in [0.2, 0.25) is 0 Å². The van der Waals surface area contributed by atoms with E-state index in [1.807, 2.05) is 0 Å². The molecular weight excluding hydrogens is 234 g/mol. The van der Waals surface area contributed by atoms with E-state index in [4.69, 9.17) is 17.2 Å². The van der Waals surface area contributed by atoms with E-state index >= 15 is 0 Å². The number of thioether (sulfide) groups is 1. The molecule has 5 heteroatoms. The lowest BCUT2D eigenvalue weighted by Crippen LogP contribution is -2.44. The van der Waals surface area contributed by atoms with Gasteiger partial charge >= 0.3 is 0 Å². The number of unbranched alkanes of at least 4 members (excludes halogenated alkanes) is 3. The topological polar surface area (TPSA) is 95.1 Å². The summed E-state index contributed by atoms with van der Waals surface area (Å²) >= 11 is 1.64. The molecule has 0 saturated heterocycles. The molecule has 0 unspecified atom stereocenters. The van der Waals surface area contributed by atoms with E-state index in [2.05, 4.69) is 6.92 Å². The Bertz CT molecular complexity index is 206. The fraction of sp³-hybridized carbons (Fsp3) is 0.917. The Morgan fingerprint density at radius 1 is 1.12 bits per heavy atom. The standard InChI is InChI=1S/C12H27N3OS/c1-2-3-4-5-10-17-12(6-8-13,7-9-14)11(15)16/h2-10,13-14H2,1H3,(H2,15,16). The third-order valence-electron chi connectivity index (χ3n) is 2.92. The lowest BCUT2D eigenvalue weighted by atomic mass is 9.99. The van der Waals surface area contributed by atoms with Crippen LogP contribution in [0.1, 0.15) is 45.4 Å². The van der Waals surface area contributed by atoms with Gasteiger partial charge in [0.2, 0.25) is 5.91 Å². The van der Waals surface area contributed by atoms with Crippen molar-refractivity contribution in [2.45, 2.75) is 50.2 Å². The van der Waals surface area contributed by atoms with E-state index in [0.29, 0.717) is 25.9 Å². The van der Waals surface area contributed by atoms with Crippen LogP contribution in [-0.2, 0) is 4.79 Å². The summed E-state index contributed by atoms with van der Waals surface area (Å²) in [5.41, 5.74) is 16.7. The number of carbonyl (C=O) groups is 1. The minimum atomic E-state index is -0.546. The van der Waals surface area contributed by atoms with Crippen LogP contribution >= 0.6 is 11.8 Å². The molecule has 0 rings (SSSR count). The van der Waals surface area contributed by atoms with Gasteiger partial charge in [0.05, 0.1) is 4.75 Å². The van der Waals surface area contributed by atoms with Crippen molar-refractivity contribution in [1.29, 1.82) is 0 Å². The third kappa shape index (κ3) is 6.29. The molecule has 0 aromatic rings. The van der Waals surface area contributed by atoms with Gasteiger partial charge in [0.25, 0.3) is 0 Å². The maximum Gasteiger partial charge on any atom is 0.233 e. The molecular formula is C12H27N3OS. The Morgan fingerprint density at radius 2 is 1.71 bits per heavy atom. The highest BCUT2D eigenvalue weighted by Gasteiger charge is 2.35. The Kier molecular flexibility index (Phi) is 9.59. The summed E-state index contributed by atoms with van der Waals surface area (Å²) in [6.07, 6.45) is 6.05. The molecule has 0 bridgehead atoms. The maximum atomic E-state index is 11.6. The van der Waals surface area contributed by atoms with E-state index in [9.17, 15) is 4.79 Å². The van der Waals surface area contributed by atoms with Gasteiger partial charge in [-0.25, -0.2) is 0 Å². The molecule has 0 atom stereocenters. The zero-order chi connectivity index (χ0) is 13.1. The van der Waals surface area contributed by atoms with Crippen LogP contribution in [0.25, 0.3) is 0 Å². The van der Waals surface area contributed by atoms with Gasteiger partial charge < -0.3 is 17.2 Å². The fourth-order valence-corrected chi connectivity index (χ4v) is 3.26. The van der Waals surface area contributed by atoms with E-state index in [0.717, 1.165) is 12.2 Å². The summed E-state index contributed by atoms with van der Waals surface area (Å²) in [6, 6.07) is 0. The summed E-state index contributed by atoms with van der Waals surface area (Å²) in [5, 5.41) is 0. The zero-order valence-corrected chi connectivity index (χ0v) is 11.7. The number of amides is 1. The van der Waals surface area contributed by atoms with Gasteiger partial charge in [-0.1, -0.05) is 26.2 Å². The number of hydrogen-bond donors (Lipinski definition) is 3. The molecule has 0 spiro atoms. The molecule has 4 nitrogen and oxygen atoms in total. The Balaban J connectivity index is 4.20. The predicted octanol–water partition coefficient (Wildman–Crippen LogP) is 1.22. The van der Waals surface area contributed by atoms with E-state index in [1.165, 1.54) is 19.3 Å². The highest BCUT2D eigenvalue weighted by Crippen LogP contribution is 2.32. The summed E-state index contributed by atoms with van der Waals surface area (Å²) in [4.78, 5) is 11.6. The number of carbonyl (C=O) groups excluding carboxylic acids is 1. The predicted molar refractivity (Wildman–Crippen MR) is 75.9 cm³/mol. The minimum Gasteiger partial charge on any atom is -0.368 e. The smallest absolute Gasteiger partial charge is 0.233 e. The Morgan fingerprint density at radius 3 is 2.12 bits per heavy atom. The quantitative estimate of drug-likeness (QED) is 0.487. The van der Waals surface area contributed by atoms with Crippen molar-refractivity contribution in [1.82, 2.24) is 0 Å². The highest BCUT2D eigenvalue weighted by molar-refractivity contribution is 8.01. The van der Waals surface area contributed by atoms with Gasteiger partial charge in [-0.2, -0.15) is 0 Å². The average Bonchev–Trinajstić information content (AvgIpc) is 2.29. The molecule has 102 valence electrons. The van der Waals surface area contributed by atoms with Crippen LogP contribution in [0.3, 0.4) is 0 Å². The number of nitrogens with two attached hydrogens (primary N) is 3. The third-order valence-corrected chi connectivity index (χ3v) is 4.58. The second-order valence-electron chi connectivity index (χ2n) is 4.35. The first-order valence-corrected chi connectivity index (χ1v) is 7.45. The molecule has 0 aliphatic rings. The molecule has 0 fully saturated rings. The van der Waals surface area contributed by atoms with Crippen LogP contribution < -0.4 is 17.2 Å². The molecule has 1 amide bonds. The van der Waals surface area contributed by atoms with Crippen LogP contribution in [-0.4, -0.2) is 29.5 Å². The first kappa shape index (κ1) is 16.7. The van der Waals surface area contributed by atoms with Crippen molar-refractivity contribution in [3.63, 3.8) is 0 Å². The van der Waals surface area contributed by atoms with E-state index in [1.54, 1.807) is 11.8 Å². The SMILES string of the molecule is CCCCCCSC(CCN)(CCN)C(N)=O. The Hall–Kier alpha value is -0.260. The molecule has 0 aliphatic heterocycles. The van der Waals surface area contributed by atoms with Gasteiger partial charge in [0.15, 0.2) is 0 Å². The maximum absolute atomic E-state index is 11.6. The van der Waals surface area contributed by atoms with Crippen molar-refractivity contribution in [3.05, 3.63) is 0 Å². The largest absolute Gasteiger partial charge is 0.368 e. The lowest BCUT2D eigenvalue weighted by molar-refractivity contribution is -0.120. The van der Waals surface area contributed by atoms with Gasteiger partial charge in [-0.3, -0.25) is 4.79 Å². The average molecular weight is 261 g/mol. The van der Waals surface area contributed by atoms with Gasteiger partial charge in [0, 0.05) is 0 Å². The molecule has 17 heavy (non-hydrogen) atoms. The first-order valence-electron chi connectivity index (χ1n) is 6.47. The molecule has 0 aromatic carbocycles. The lowest BCUT2D eigenvalue weighted by Gasteiger charge is -2.29. The van der Waals surface area contributed by atoms with Crippen molar-refractivity contribution >= 4 is 17.7 Å². The highest BCUT2D eigenvalue weighted by atomic mass is 32.2. The number of primary amides is 1. The summed E-state index contributed by atoms with van der Waals surface area (Å²) in [5.74, 6) is 0.692. The fourth-order valence-electron chi connectivity index (χ4n) is 1.85. The molecule has 6 N–H and O–H groups in total. The van der Waals surface area contributed by atoms with Gasteiger partial charge in [0.1, 0.15) is 0 Å². The van der Waals surface area contributed by atoms with E-state index in [-0.39, 0.29) is 5.91 Å². The van der Waals surface area contributed by atoms with Crippen LogP contribution in [0.4, 0.5) is 0 Å². The van der Waals surface area contributed by atoms with Crippen molar-refractivity contribution in [2.75, 3.05) is 18.8 Å². The zero-order valence-electron chi connectivity index (χ0n) is 10.9. The minimum absolute atomic E-state index is 0.270. The first-order chi connectivity index (χ1) is 8.13. The second kappa shape index (κ2) is 9.74. The Labute approximate surface area is 109 Å². The number of rotatable bonds is 11. The summed E-state index contributed by atoms with van der Waals surface area (Å²) in [7, 11) is 0. The molecule has 0 aliphatic carbocycles. The van der Waals surface area contributed by atoms with Crippen molar-refractivity contribution in [2.24, 2.45) is 17.2 Å². The monoisotopic (exact) mass is 261 g/mol. The second-order valence-corrected chi connectivity index (χ2v) is 5.82. The molecule has 0 saturated carbocycles. The van der Waals surface area contributed by atoms with Crippen LogP contribution in [0, 0.1) is 0 Å². The molecule has 0 aromatic heterocycles. The van der Waals surface area contributed by atoms with Crippen LogP contribution in [0.5, 0.6) is 0 Å². The summed E-state index contributed by atoms with van der Waals surface area (Å²) < 4.78 is -0.546. The van der Waals surface area contributed by atoms with E-state index < -0.39 is 4.75 Å².